The summed E-state index contributed by atoms with van der Waals surface area (Å²) in [6.45, 7) is 5.57. The van der Waals surface area contributed by atoms with Gasteiger partial charge in [0.05, 0.1) is 19.1 Å². The van der Waals surface area contributed by atoms with Crippen LogP contribution in [-0.4, -0.2) is 25.1 Å². The second kappa shape index (κ2) is 7.26. The van der Waals surface area contributed by atoms with Crippen molar-refractivity contribution in [3.8, 4) is 5.75 Å². The van der Waals surface area contributed by atoms with Crippen LogP contribution in [0.25, 0.3) is 0 Å². The molecule has 6 heteroatoms. The summed E-state index contributed by atoms with van der Waals surface area (Å²) in [6, 6.07) is 2.59. The minimum atomic E-state index is -0.667. The summed E-state index contributed by atoms with van der Waals surface area (Å²) in [5, 5.41) is 10.7. The van der Waals surface area contributed by atoms with Crippen molar-refractivity contribution in [3.63, 3.8) is 0 Å². The van der Waals surface area contributed by atoms with E-state index in [0.717, 1.165) is 6.07 Å². The molecule has 0 spiro atoms. The highest BCUT2D eigenvalue weighted by molar-refractivity contribution is 5.93. The molecule has 0 saturated heterocycles. The molecule has 18 heavy (non-hydrogen) atoms. The number of ether oxygens (including phenoxy) is 2. The van der Waals surface area contributed by atoms with E-state index in [-0.39, 0.29) is 17.0 Å². The van der Waals surface area contributed by atoms with Crippen molar-refractivity contribution >= 4 is 11.7 Å². The molecule has 0 aliphatic heterocycles. The zero-order valence-electron chi connectivity index (χ0n) is 11.1. The van der Waals surface area contributed by atoms with Crippen molar-refractivity contribution in [2.75, 3.05) is 14.2 Å². The Labute approximate surface area is 106 Å². The average Bonchev–Trinajstić information content (AvgIpc) is 2.39. The molecule has 0 atom stereocenters. The number of carbonyl (C=O) groups is 1. The van der Waals surface area contributed by atoms with Gasteiger partial charge in [-0.25, -0.2) is 4.79 Å². The molecule has 6 nitrogen and oxygen atoms in total. The Morgan fingerprint density at radius 1 is 1.28 bits per heavy atom. The van der Waals surface area contributed by atoms with E-state index in [1.165, 1.54) is 20.3 Å². The minimum Gasteiger partial charge on any atom is -0.496 e. The largest absolute Gasteiger partial charge is 0.496 e. The zero-order valence-corrected chi connectivity index (χ0v) is 11.1. The fraction of sp³-hybridized carbons (Fsp3) is 0.417. The summed E-state index contributed by atoms with van der Waals surface area (Å²) in [5.41, 5.74) is 0.331. The Kier molecular flexibility index (Phi) is 6.41. The van der Waals surface area contributed by atoms with E-state index in [2.05, 4.69) is 4.74 Å². The van der Waals surface area contributed by atoms with Gasteiger partial charge >= 0.3 is 5.97 Å². The van der Waals surface area contributed by atoms with Gasteiger partial charge in [0.1, 0.15) is 11.3 Å². The number of esters is 1. The first-order valence-corrected chi connectivity index (χ1v) is 5.42. The molecule has 0 N–H and O–H groups in total. The Balaban J connectivity index is 0.00000137. The van der Waals surface area contributed by atoms with Crippen molar-refractivity contribution in [1.29, 1.82) is 0 Å². The zero-order chi connectivity index (χ0) is 14.3. The van der Waals surface area contributed by atoms with E-state index in [9.17, 15) is 14.9 Å². The van der Waals surface area contributed by atoms with Gasteiger partial charge in [0.2, 0.25) is 0 Å². The summed E-state index contributed by atoms with van der Waals surface area (Å²) in [4.78, 5) is 21.5. The molecule has 1 aromatic rings. The second-order valence-electron chi connectivity index (χ2n) is 3.09. The standard InChI is InChI=1S/C10H11NO5.C2H6/c1-6-4-9(15-2)7(10(12)16-3)5-8(6)11(13)14;1-2/h4-5H,1-3H3;1-2H3. The summed E-state index contributed by atoms with van der Waals surface area (Å²) < 4.78 is 9.47. The molecule has 0 saturated carbocycles. The van der Waals surface area contributed by atoms with Crippen LogP contribution in [0.3, 0.4) is 0 Å². The van der Waals surface area contributed by atoms with Crippen LogP contribution in [0.15, 0.2) is 12.1 Å². The molecule has 0 bridgehead atoms. The molecule has 0 aromatic heterocycles. The van der Waals surface area contributed by atoms with Gasteiger partial charge in [0, 0.05) is 11.6 Å². The fourth-order valence-corrected chi connectivity index (χ4v) is 1.31. The first-order valence-electron chi connectivity index (χ1n) is 5.42. The smallest absolute Gasteiger partial charge is 0.341 e. The number of nitro groups is 1. The van der Waals surface area contributed by atoms with Crippen LogP contribution in [0, 0.1) is 17.0 Å². The number of carbonyl (C=O) groups excluding carboxylic acids is 1. The first-order chi connectivity index (χ1) is 8.51. The normalized spacial score (nSPS) is 8.94. The van der Waals surface area contributed by atoms with Gasteiger partial charge in [0.25, 0.3) is 5.69 Å². The number of methoxy groups -OCH3 is 2. The van der Waals surface area contributed by atoms with Gasteiger partial charge in [-0.15, -0.1) is 0 Å². The van der Waals surface area contributed by atoms with Crippen LogP contribution in [0.1, 0.15) is 29.8 Å². The number of aryl methyl sites for hydroxylation is 1. The van der Waals surface area contributed by atoms with Gasteiger partial charge in [-0.3, -0.25) is 10.1 Å². The molecule has 100 valence electrons. The van der Waals surface area contributed by atoms with Crippen molar-refractivity contribution < 1.29 is 19.2 Å². The van der Waals surface area contributed by atoms with Crippen LogP contribution in [0.4, 0.5) is 5.69 Å². The number of benzene rings is 1. The maximum absolute atomic E-state index is 11.4. The van der Waals surface area contributed by atoms with Crippen molar-refractivity contribution in [2.45, 2.75) is 20.8 Å². The summed E-state index contributed by atoms with van der Waals surface area (Å²) in [6.07, 6.45) is 0. The van der Waals surface area contributed by atoms with Crippen molar-refractivity contribution in [2.24, 2.45) is 0 Å². The highest BCUT2D eigenvalue weighted by Gasteiger charge is 2.20. The third-order valence-electron chi connectivity index (χ3n) is 2.12. The van der Waals surface area contributed by atoms with Crippen LogP contribution >= 0.6 is 0 Å². The molecule has 0 heterocycles. The average molecular weight is 255 g/mol. The molecular weight excluding hydrogens is 238 g/mol. The highest BCUT2D eigenvalue weighted by atomic mass is 16.6. The van der Waals surface area contributed by atoms with Gasteiger partial charge in [-0.05, 0) is 13.0 Å². The van der Waals surface area contributed by atoms with Gasteiger partial charge in [-0.2, -0.15) is 0 Å². The predicted octanol–water partition coefficient (Wildman–Crippen LogP) is 2.72. The maximum Gasteiger partial charge on any atom is 0.341 e. The molecule has 0 aliphatic carbocycles. The lowest BCUT2D eigenvalue weighted by Crippen LogP contribution is -2.06. The molecule has 1 rings (SSSR count). The summed E-state index contributed by atoms with van der Waals surface area (Å²) in [7, 11) is 2.58. The fourth-order valence-electron chi connectivity index (χ4n) is 1.31. The Morgan fingerprint density at radius 3 is 2.22 bits per heavy atom. The van der Waals surface area contributed by atoms with E-state index in [0.29, 0.717) is 5.56 Å². The summed E-state index contributed by atoms with van der Waals surface area (Å²) in [5.74, 6) is -0.407. The second-order valence-corrected chi connectivity index (χ2v) is 3.09. The lowest BCUT2D eigenvalue weighted by atomic mass is 10.1. The SMILES string of the molecule is CC.COC(=O)c1cc([N+](=O)[O-])c(C)cc1OC. The molecule has 0 unspecified atom stereocenters. The van der Waals surface area contributed by atoms with Crippen LogP contribution in [-0.2, 0) is 4.74 Å². The maximum atomic E-state index is 11.4. The topological polar surface area (TPSA) is 78.7 Å². The lowest BCUT2D eigenvalue weighted by molar-refractivity contribution is -0.385. The molecule has 0 aliphatic rings. The number of hydrogen-bond donors (Lipinski definition) is 0. The Bertz CT molecular complexity index is 442. The van der Waals surface area contributed by atoms with Crippen LogP contribution in [0.2, 0.25) is 0 Å². The quantitative estimate of drug-likeness (QED) is 0.471. The Hall–Kier alpha value is -2.11. The minimum absolute atomic E-state index is 0.0438. The van der Waals surface area contributed by atoms with E-state index < -0.39 is 10.9 Å². The van der Waals surface area contributed by atoms with Crippen molar-refractivity contribution in [3.05, 3.63) is 33.4 Å². The van der Waals surface area contributed by atoms with E-state index in [4.69, 9.17) is 4.74 Å². The Morgan fingerprint density at radius 2 is 1.83 bits per heavy atom. The molecule has 0 amide bonds. The monoisotopic (exact) mass is 255 g/mol. The lowest BCUT2D eigenvalue weighted by Gasteiger charge is -2.07. The van der Waals surface area contributed by atoms with Crippen molar-refractivity contribution in [1.82, 2.24) is 0 Å². The molecule has 0 fully saturated rings. The van der Waals surface area contributed by atoms with E-state index >= 15 is 0 Å². The van der Waals surface area contributed by atoms with E-state index in [1.54, 1.807) is 6.92 Å². The van der Waals surface area contributed by atoms with Crippen LogP contribution < -0.4 is 4.74 Å². The van der Waals surface area contributed by atoms with Gasteiger partial charge in [0.15, 0.2) is 0 Å². The van der Waals surface area contributed by atoms with Crippen LogP contribution in [0.5, 0.6) is 5.75 Å². The molecule has 1 aromatic carbocycles. The molecule has 0 radical (unpaired) electrons. The number of hydrogen-bond acceptors (Lipinski definition) is 5. The third-order valence-corrected chi connectivity index (χ3v) is 2.12. The number of nitro benzene ring substituents is 1. The predicted molar refractivity (Wildman–Crippen MR) is 67.1 cm³/mol. The highest BCUT2D eigenvalue weighted by Crippen LogP contribution is 2.28. The van der Waals surface area contributed by atoms with Gasteiger partial charge < -0.3 is 9.47 Å². The van der Waals surface area contributed by atoms with Gasteiger partial charge in [-0.1, -0.05) is 13.8 Å². The first kappa shape index (κ1) is 15.9. The third kappa shape index (κ3) is 3.44. The molecular formula is C12H17NO5. The summed E-state index contributed by atoms with van der Waals surface area (Å²) >= 11 is 0. The number of nitrogens with zero attached hydrogens (tertiary/aromatic N) is 1. The number of rotatable bonds is 3. The van der Waals surface area contributed by atoms with E-state index in [1.807, 2.05) is 13.8 Å².